The van der Waals surface area contributed by atoms with Crippen LogP contribution in [-0.2, 0) is 16.5 Å². The number of ether oxygens (including phenoxy) is 3. The van der Waals surface area contributed by atoms with Crippen molar-refractivity contribution in [3.8, 4) is 5.88 Å². The van der Waals surface area contributed by atoms with E-state index in [2.05, 4.69) is 30.7 Å². The Labute approximate surface area is 180 Å². The van der Waals surface area contributed by atoms with Crippen molar-refractivity contribution in [2.75, 3.05) is 11.9 Å². The molecular weight excluding hydrogens is 437 g/mol. The van der Waals surface area contributed by atoms with Crippen LogP contribution in [0, 0.1) is 0 Å². The van der Waals surface area contributed by atoms with Gasteiger partial charge in [-0.05, 0) is 20.8 Å². The number of aromatic amines is 1. The van der Waals surface area contributed by atoms with Gasteiger partial charge in [0, 0.05) is 31.1 Å². The van der Waals surface area contributed by atoms with E-state index >= 15 is 0 Å². The predicted octanol–water partition coefficient (Wildman–Crippen LogP) is 2.65. The molecule has 2 atom stereocenters. The minimum Gasteiger partial charge on any atom is -0.444 e. The zero-order valence-corrected chi connectivity index (χ0v) is 17.7. The molecule has 0 saturated carbocycles. The number of nitrogens with one attached hydrogen (secondary N) is 3. The van der Waals surface area contributed by atoms with Crippen LogP contribution in [0.1, 0.15) is 49.5 Å². The van der Waals surface area contributed by atoms with Gasteiger partial charge in [-0.1, -0.05) is 0 Å². The average Bonchev–Trinajstić information content (AvgIpc) is 3.32. The van der Waals surface area contributed by atoms with Gasteiger partial charge in [0.05, 0.1) is 12.3 Å². The Morgan fingerprint density at radius 1 is 1.28 bits per heavy atom. The lowest BCUT2D eigenvalue weighted by atomic mass is 10.1. The van der Waals surface area contributed by atoms with Gasteiger partial charge in [0.2, 0.25) is 5.88 Å². The van der Waals surface area contributed by atoms with Crippen LogP contribution < -0.4 is 15.4 Å². The number of hydrogen-bond acceptors (Lipinski definition) is 7. The van der Waals surface area contributed by atoms with Gasteiger partial charge in [0.1, 0.15) is 17.9 Å². The van der Waals surface area contributed by atoms with E-state index in [0.29, 0.717) is 12.1 Å². The molecular formula is C18H23F3N6O5. The van der Waals surface area contributed by atoms with Crippen LogP contribution in [-0.4, -0.2) is 56.6 Å². The molecule has 3 heterocycles. The summed E-state index contributed by atoms with van der Waals surface area (Å²) in [5.74, 6) is -1.36. The molecule has 1 saturated heterocycles. The summed E-state index contributed by atoms with van der Waals surface area (Å²) in [5.41, 5.74) is -0.0575. The summed E-state index contributed by atoms with van der Waals surface area (Å²) in [6, 6.07) is 2.38. The molecule has 0 spiro atoms. The zero-order chi connectivity index (χ0) is 23.7. The van der Waals surface area contributed by atoms with E-state index in [-0.39, 0.29) is 18.1 Å². The van der Waals surface area contributed by atoms with E-state index in [1.54, 1.807) is 0 Å². The number of halogens is 3. The van der Waals surface area contributed by atoms with Gasteiger partial charge in [0.15, 0.2) is 5.82 Å². The number of alkyl halides is 3. The second kappa shape index (κ2) is 8.68. The summed E-state index contributed by atoms with van der Waals surface area (Å²) < 4.78 is 52.6. The summed E-state index contributed by atoms with van der Waals surface area (Å²) in [4.78, 5) is 24.3. The van der Waals surface area contributed by atoms with Gasteiger partial charge in [-0.15, -0.1) is 18.3 Å². The number of aryl methyl sites for hydroxylation is 1. The molecule has 176 valence electrons. The molecule has 3 N–H and O–H groups in total. The fourth-order valence-electron chi connectivity index (χ4n) is 2.95. The molecule has 1 aliphatic heterocycles. The molecule has 0 radical (unpaired) electrons. The van der Waals surface area contributed by atoms with Crippen molar-refractivity contribution in [1.29, 1.82) is 0 Å². The van der Waals surface area contributed by atoms with Crippen molar-refractivity contribution in [3.63, 3.8) is 0 Å². The summed E-state index contributed by atoms with van der Waals surface area (Å²) in [6.45, 7) is 5.69. The van der Waals surface area contributed by atoms with Crippen molar-refractivity contribution < 1.29 is 37.0 Å². The van der Waals surface area contributed by atoms with Crippen LogP contribution in [0.4, 0.5) is 23.8 Å². The third-order valence-electron chi connectivity index (χ3n) is 4.21. The van der Waals surface area contributed by atoms with E-state index in [0.717, 1.165) is 10.7 Å². The molecule has 11 nitrogen and oxygen atoms in total. The van der Waals surface area contributed by atoms with Crippen molar-refractivity contribution in [2.24, 2.45) is 7.05 Å². The normalized spacial score (nSPS) is 19.0. The molecule has 2 unspecified atom stereocenters. The number of hydrogen-bond donors (Lipinski definition) is 3. The first-order chi connectivity index (χ1) is 14.8. The Morgan fingerprint density at radius 2 is 2.00 bits per heavy atom. The third-order valence-corrected chi connectivity index (χ3v) is 4.21. The van der Waals surface area contributed by atoms with Gasteiger partial charge < -0.3 is 24.8 Å². The van der Waals surface area contributed by atoms with Crippen LogP contribution in [0.15, 0.2) is 12.1 Å². The van der Waals surface area contributed by atoms with Gasteiger partial charge in [-0.25, -0.2) is 4.79 Å². The Balaban J connectivity index is 1.56. The molecule has 2 aromatic heterocycles. The molecule has 32 heavy (non-hydrogen) atoms. The van der Waals surface area contributed by atoms with Crippen LogP contribution in [0.25, 0.3) is 0 Å². The summed E-state index contributed by atoms with van der Waals surface area (Å²) in [5, 5.41) is 15.3. The molecule has 14 heteroatoms. The fourth-order valence-corrected chi connectivity index (χ4v) is 2.95. The van der Waals surface area contributed by atoms with E-state index in [4.69, 9.17) is 9.47 Å². The van der Waals surface area contributed by atoms with E-state index in [1.807, 2.05) is 20.8 Å². The Morgan fingerprint density at radius 3 is 2.66 bits per heavy atom. The van der Waals surface area contributed by atoms with Crippen molar-refractivity contribution in [3.05, 3.63) is 23.5 Å². The maximum Gasteiger partial charge on any atom is 0.574 e. The topological polar surface area (TPSA) is 132 Å². The quantitative estimate of drug-likeness (QED) is 0.625. The molecule has 1 fully saturated rings. The number of anilines is 1. The SMILES string of the molecule is Cn1nc(OC(F)(F)F)cc1C(=O)Nc1cc(C2CC(OC(=O)NC(C)(C)C)CO2)[nH]n1. The zero-order valence-electron chi connectivity index (χ0n) is 17.7. The van der Waals surface area contributed by atoms with Crippen molar-refractivity contribution in [2.45, 2.75) is 51.3 Å². The second-order valence-corrected chi connectivity index (χ2v) is 8.16. The minimum absolute atomic E-state index is 0.128. The van der Waals surface area contributed by atoms with E-state index < -0.39 is 42.0 Å². The number of carbonyl (C=O) groups is 2. The second-order valence-electron chi connectivity index (χ2n) is 8.16. The standard InChI is InChI=1S/C18H23F3N6O5/c1-17(2,3)23-16(29)31-9-5-12(30-8-9)10-6-13(25-24-10)22-15(28)11-7-14(26-27(11)4)32-18(19,20)21/h6-7,9,12H,5,8H2,1-4H3,(H,23,29)(H2,22,24,25,28). The fraction of sp³-hybridized carbons (Fsp3) is 0.556. The highest BCUT2D eigenvalue weighted by Crippen LogP contribution is 2.30. The number of nitrogens with zero attached hydrogens (tertiary/aromatic N) is 3. The largest absolute Gasteiger partial charge is 0.574 e. The van der Waals surface area contributed by atoms with Crippen LogP contribution in [0.3, 0.4) is 0 Å². The van der Waals surface area contributed by atoms with Gasteiger partial charge in [-0.2, -0.15) is 5.10 Å². The lowest BCUT2D eigenvalue weighted by Gasteiger charge is -2.21. The first-order valence-corrected chi connectivity index (χ1v) is 9.56. The first kappa shape index (κ1) is 23.4. The molecule has 3 rings (SSSR count). The van der Waals surface area contributed by atoms with Gasteiger partial charge >= 0.3 is 12.5 Å². The number of H-pyrrole nitrogens is 1. The maximum absolute atomic E-state index is 12.4. The Bertz CT molecular complexity index is 981. The minimum atomic E-state index is -4.92. The van der Waals surface area contributed by atoms with Gasteiger partial charge in [-0.3, -0.25) is 14.6 Å². The van der Waals surface area contributed by atoms with Crippen LogP contribution in [0.2, 0.25) is 0 Å². The summed E-state index contributed by atoms with van der Waals surface area (Å²) in [7, 11) is 1.30. The summed E-state index contributed by atoms with van der Waals surface area (Å²) >= 11 is 0. The highest BCUT2D eigenvalue weighted by molar-refractivity contribution is 6.02. The maximum atomic E-state index is 12.4. The molecule has 0 aromatic carbocycles. The lowest BCUT2D eigenvalue weighted by Crippen LogP contribution is -2.42. The number of aromatic nitrogens is 4. The number of alkyl carbamates (subject to hydrolysis) is 1. The third kappa shape index (κ3) is 6.35. The van der Waals surface area contributed by atoms with E-state index in [9.17, 15) is 22.8 Å². The summed E-state index contributed by atoms with van der Waals surface area (Å²) in [6.07, 6.45) is -5.98. The average molecular weight is 460 g/mol. The number of rotatable bonds is 5. The highest BCUT2D eigenvalue weighted by Gasteiger charge is 2.34. The monoisotopic (exact) mass is 460 g/mol. The lowest BCUT2D eigenvalue weighted by molar-refractivity contribution is -0.276. The van der Waals surface area contributed by atoms with Crippen LogP contribution >= 0.6 is 0 Å². The Hall–Kier alpha value is -3.29. The molecule has 2 aromatic rings. The van der Waals surface area contributed by atoms with Crippen LogP contribution in [0.5, 0.6) is 5.88 Å². The predicted molar refractivity (Wildman–Crippen MR) is 103 cm³/mol. The first-order valence-electron chi connectivity index (χ1n) is 9.56. The number of carbonyl (C=O) groups excluding carboxylic acids is 2. The Kier molecular flexibility index (Phi) is 6.34. The molecule has 0 bridgehead atoms. The van der Waals surface area contributed by atoms with Crippen molar-refractivity contribution >= 4 is 17.8 Å². The van der Waals surface area contributed by atoms with E-state index in [1.165, 1.54) is 13.1 Å². The van der Waals surface area contributed by atoms with Gasteiger partial charge in [0.25, 0.3) is 5.91 Å². The molecule has 1 aliphatic rings. The van der Waals surface area contributed by atoms with Crippen molar-refractivity contribution in [1.82, 2.24) is 25.3 Å². The molecule has 2 amide bonds. The molecule has 0 aliphatic carbocycles. The highest BCUT2D eigenvalue weighted by atomic mass is 19.4. The number of amides is 2. The smallest absolute Gasteiger partial charge is 0.444 e.